The van der Waals surface area contributed by atoms with E-state index < -0.39 is 12.0 Å². The molecule has 96 valence electrons. The molecule has 1 atom stereocenters. The minimum atomic E-state index is -0.805. The van der Waals surface area contributed by atoms with Crippen LogP contribution in [0.1, 0.15) is 25.7 Å². The molecule has 0 aromatic carbocycles. The quantitative estimate of drug-likeness (QED) is 0.756. The molecule has 1 heterocycles. The Morgan fingerprint density at radius 2 is 2.06 bits per heavy atom. The zero-order valence-electron chi connectivity index (χ0n) is 10.3. The molecule has 0 aromatic rings. The molecule has 2 rings (SSSR count). The molecule has 1 amide bonds. The zero-order valence-corrected chi connectivity index (χ0v) is 10.3. The van der Waals surface area contributed by atoms with Crippen molar-refractivity contribution in [3.8, 4) is 0 Å². The number of rotatable bonds is 5. The van der Waals surface area contributed by atoms with Gasteiger partial charge >= 0.3 is 5.97 Å². The Morgan fingerprint density at radius 1 is 1.35 bits per heavy atom. The van der Waals surface area contributed by atoms with Gasteiger partial charge in [0.1, 0.15) is 6.04 Å². The predicted molar refractivity (Wildman–Crippen MR) is 62.6 cm³/mol. The number of carboxylic acid groups (broad SMARTS) is 1. The molecular formula is C12H20N2O3. The molecule has 0 radical (unpaired) electrons. The lowest BCUT2D eigenvalue weighted by atomic mass is 10.2. The lowest BCUT2D eigenvalue weighted by molar-refractivity contribution is -0.143. The maximum atomic E-state index is 11.9. The maximum Gasteiger partial charge on any atom is 0.320 e. The van der Waals surface area contributed by atoms with Crippen molar-refractivity contribution in [1.82, 2.24) is 9.80 Å². The van der Waals surface area contributed by atoms with E-state index in [1.165, 1.54) is 12.8 Å². The molecule has 1 aliphatic heterocycles. The highest BCUT2D eigenvalue weighted by Gasteiger charge is 2.33. The van der Waals surface area contributed by atoms with Gasteiger partial charge in [0.2, 0.25) is 5.91 Å². The van der Waals surface area contributed by atoms with Crippen LogP contribution in [-0.2, 0) is 9.59 Å². The number of nitrogens with zero attached hydrogens (tertiary/aromatic N) is 2. The average Bonchev–Trinajstić information content (AvgIpc) is 2.94. The largest absolute Gasteiger partial charge is 0.480 e. The average molecular weight is 240 g/mol. The normalized spacial score (nSPS) is 24.9. The van der Waals surface area contributed by atoms with Crippen molar-refractivity contribution in [3.63, 3.8) is 0 Å². The van der Waals surface area contributed by atoms with E-state index in [0.29, 0.717) is 12.3 Å². The van der Waals surface area contributed by atoms with Crippen LogP contribution in [0.2, 0.25) is 0 Å². The van der Waals surface area contributed by atoms with Gasteiger partial charge in [0.25, 0.3) is 0 Å². The Morgan fingerprint density at radius 3 is 2.65 bits per heavy atom. The molecule has 1 saturated heterocycles. The van der Waals surface area contributed by atoms with Gasteiger partial charge in [0.15, 0.2) is 0 Å². The van der Waals surface area contributed by atoms with Crippen LogP contribution in [-0.4, -0.2) is 59.5 Å². The molecule has 2 fully saturated rings. The highest BCUT2D eigenvalue weighted by molar-refractivity contribution is 5.80. The molecule has 5 heteroatoms. The Bertz CT molecular complexity index is 315. The van der Waals surface area contributed by atoms with Crippen LogP contribution in [0.5, 0.6) is 0 Å². The summed E-state index contributed by atoms with van der Waals surface area (Å²) in [6.07, 6.45) is 3.98. The number of likely N-dealkylation sites (tertiary alicyclic amines) is 1. The van der Waals surface area contributed by atoms with Gasteiger partial charge < -0.3 is 10.0 Å². The van der Waals surface area contributed by atoms with Gasteiger partial charge in [-0.25, -0.2) is 0 Å². The van der Waals surface area contributed by atoms with Gasteiger partial charge in [-0.3, -0.25) is 14.5 Å². The van der Waals surface area contributed by atoms with Crippen molar-refractivity contribution in [2.75, 3.05) is 26.7 Å². The molecule has 2 aliphatic rings. The van der Waals surface area contributed by atoms with E-state index in [-0.39, 0.29) is 12.5 Å². The summed E-state index contributed by atoms with van der Waals surface area (Å²) >= 11 is 0. The Hall–Kier alpha value is -1.10. The first-order valence-electron chi connectivity index (χ1n) is 6.28. The summed E-state index contributed by atoms with van der Waals surface area (Å²) < 4.78 is 0. The summed E-state index contributed by atoms with van der Waals surface area (Å²) in [4.78, 5) is 26.4. The molecule has 0 aromatic heterocycles. The number of aliphatic carboxylic acids is 1. The van der Waals surface area contributed by atoms with Crippen molar-refractivity contribution in [3.05, 3.63) is 0 Å². The van der Waals surface area contributed by atoms with E-state index in [2.05, 4.69) is 0 Å². The SMILES string of the molecule is CN(CC1CC1)C(=O)CN1CCC[C@H]1C(=O)O. The van der Waals surface area contributed by atoms with Crippen molar-refractivity contribution < 1.29 is 14.7 Å². The summed E-state index contributed by atoms with van der Waals surface area (Å²) in [5, 5.41) is 9.02. The van der Waals surface area contributed by atoms with E-state index in [4.69, 9.17) is 5.11 Å². The highest BCUT2D eigenvalue weighted by Crippen LogP contribution is 2.29. The number of carbonyl (C=O) groups excluding carboxylic acids is 1. The van der Waals surface area contributed by atoms with Crippen molar-refractivity contribution in [1.29, 1.82) is 0 Å². The van der Waals surface area contributed by atoms with E-state index >= 15 is 0 Å². The van der Waals surface area contributed by atoms with Crippen LogP contribution in [0.3, 0.4) is 0 Å². The summed E-state index contributed by atoms with van der Waals surface area (Å²) in [5.74, 6) is -0.0806. The fraction of sp³-hybridized carbons (Fsp3) is 0.833. The van der Waals surface area contributed by atoms with Gasteiger partial charge in [-0.2, -0.15) is 0 Å². The van der Waals surface area contributed by atoms with Crippen molar-refractivity contribution in [2.24, 2.45) is 5.92 Å². The smallest absolute Gasteiger partial charge is 0.320 e. The molecule has 0 unspecified atom stereocenters. The molecule has 5 nitrogen and oxygen atoms in total. The molecular weight excluding hydrogens is 220 g/mol. The lowest BCUT2D eigenvalue weighted by Crippen LogP contribution is -2.43. The number of carbonyl (C=O) groups is 2. The molecule has 17 heavy (non-hydrogen) atoms. The molecule has 0 bridgehead atoms. The molecule has 1 N–H and O–H groups in total. The van der Waals surface area contributed by atoms with E-state index in [0.717, 1.165) is 19.5 Å². The first-order valence-corrected chi connectivity index (χ1v) is 6.28. The van der Waals surface area contributed by atoms with Crippen LogP contribution in [0, 0.1) is 5.92 Å². The molecule has 0 spiro atoms. The second-order valence-electron chi connectivity index (χ2n) is 5.18. The summed E-state index contributed by atoms with van der Waals surface area (Å²) in [6.45, 7) is 1.80. The van der Waals surface area contributed by atoms with Gasteiger partial charge in [-0.15, -0.1) is 0 Å². The van der Waals surface area contributed by atoms with Gasteiger partial charge in [-0.05, 0) is 38.1 Å². The van der Waals surface area contributed by atoms with Crippen LogP contribution in [0.4, 0.5) is 0 Å². The molecule has 1 aliphatic carbocycles. The first-order chi connectivity index (χ1) is 8.08. The van der Waals surface area contributed by atoms with Gasteiger partial charge in [-0.1, -0.05) is 0 Å². The number of carboxylic acids is 1. The van der Waals surface area contributed by atoms with E-state index in [9.17, 15) is 9.59 Å². The number of hydrogen-bond acceptors (Lipinski definition) is 3. The van der Waals surface area contributed by atoms with Crippen molar-refractivity contribution in [2.45, 2.75) is 31.7 Å². The number of likely N-dealkylation sites (N-methyl/N-ethyl adjacent to an activating group) is 1. The van der Waals surface area contributed by atoms with E-state index in [1.54, 1.807) is 9.80 Å². The summed E-state index contributed by atoms with van der Waals surface area (Å²) in [7, 11) is 1.81. The molecule has 1 saturated carbocycles. The van der Waals surface area contributed by atoms with Gasteiger partial charge in [0.05, 0.1) is 6.54 Å². The van der Waals surface area contributed by atoms with Crippen LogP contribution < -0.4 is 0 Å². The monoisotopic (exact) mass is 240 g/mol. The second kappa shape index (κ2) is 5.04. The third-order valence-corrected chi connectivity index (χ3v) is 3.64. The summed E-state index contributed by atoms with van der Waals surface area (Å²) in [5.41, 5.74) is 0. The fourth-order valence-electron chi connectivity index (χ4n) is 2.38. The second-order valence-corrected chi connectivity index (χ2v) is 5.18. The summed E-state index contributed by atoms with van der Waals surface area (Å²) in [6, 6.07) is -0.465. The Balaban J connectivity index is 1.82. The van der Waals surface area contributed by atoms with Gasteiger partial charge in [0, 0.05) is 13.6 Å². The predicted octanol–water partition coefficient (Wildman–Crippen LogP) is 0.404. The third kappa shape index (κ3) is 3.19. The standard InChI is InChI=1S/C12H20N2O3/c1-13(7-9-4-5-9)11(15)8-14-6-2-3-10(14)12(16)17/h9-10H,2-8H2,1H3,(H,16,17)/t10-/m0/s1. The lowest BCUT2D eigenvalue weighted by Gasteiger charge is -2.24. The van der Waals surface area contributed by atoms with Crippen LogP contribution in [0.25, 0.3) is 0 Å². The van der Waals surface area contributed by atoms with Crippen LogP contribution in [0.15, 0.2) is 0 Å². The third-order valence-electron chi connectivity index (χ3n) is 3.64. The fourth-order valence-corrected chi connectivity index (χ4v) is 2.38. The minimum Gasteiger partial charge on any atom is -0.480 e. The number of hydrogen-bond donors (Lipinski definition) is 1. The zero-order chi connectivity index (χ0) is 12.4. The Labute approximate surface area is 101 Å². The topological polar surface area (TPSA) is 60.9 Å². The minimum absolute atomic E-state index is 0.0463. The first kappa shape index (κ1) is 12.4. The number of amides is 1. The maximum absolute atomic E-state index is 11.9. The Kier molecular flexibility index (Phi) is 3.66. The van der Waals surface area contributed by atoms with Crippen molar-refractivity contribution >= 4 is 11.9 Å². The van der Waals surface area contributed by atoms with E-state index in [1.807, 2.05) is 7.05 Å². The van der Waals surface area contributed by atoms with Crippen LogP contribution >= 0.6 is 0 Å². The highest BCUT2D eigenvalue weighted by atomic mass is 16.4.